The third-order valence-electron chi connectivity index (χ3n) is 4.42. The van der Waals surface area contributed by atoms with Crippen LogP contribution < -0.4 is 4.74 Å². The van der Waals surface area contributed by atoms with E-state index in [1.165, 1.54) is 7.11 Å². The van der Waals surface area contributed by atoms with Crippen LogP contribution in [0.2, 0.25) is 0 Å². The van der Waals surface area contributed by atoms with Crippen molar-refractivity contribution in [3.8, 4) is 5.75 Å². The van der Waals surface area contributed by atoms with Crippen molar-refractivity contribution in [1.82, 2.24) is 4.31 Å². The van der Waals surface area contributed by atoms with Crippen LogP contribution in [0.3, 0.4) is 0 Å². The predicted molar refractivity (Wildman–Crippen MR) is 80.4 cm³/mol. The van der Waals surface area contributed by atoms with Gasteiger partial charge in [0.1, 0.15) is 11.9 Å². The van der Waals surface area contributed by atoms with Gasteiger partial charge in [0.25, 0.3) is 0 Å². The fraction of sp³-hybridized carbons (Fsp3) is 0.600. The Bertz CT molecular complexity index is 633. The molecule has 2 aliphatic heterocycles. The first-order valence-corrected chi connectivity index (χ1v) is 8.82. The Kier molecular flexibility index (Phi) is 4.40. The molecule has 3 atom stereocenters. The zero-order valence-electron chi connectivity index (χ0n) is 12.8. The van der Waals surface area contributed by atoms with Crippen LogP contribution in [-0.2, 0) is 19.5 Å². The van der Waals surface area contributed by atoms with Crippen molar-refractivity contribution < 1.29 is 22.6 Å². The van der Waals surface area contributed by atoms with Crippen molar-refractivity contribution in [2.45, 2.75) is 36.0 Å². The molecule has 0 unspecified atom stereocenters. The standard InChI is InChI=1S/C15H21NO5S/c1-19-11-4-3-5-12(10-11)22(17,18)16-8-6-14(20-2)15-13(16)7-9-21-15/h3-5,10,13-15H,6-9H2,1-2H3/t13-,14-,15-/m1/s1. The largest absolute Gasteiger partial charge is 0.497 e. The number of ether oxygens (including phenoxy) is 3. The maximum absolute atomic E-state index is 13.0. The molecule has 2 heterocycles. The smallest absolute Gasteiger partial charge is 0.243 e. The minimum Gasteiger partial charge on any atom is -0.497 e. The second-order valence-electron chi connectivity index (χ2n) is 5.55. The zero-order chi connectivity index (χ0) is 15.7. The van der Waals surface area contributed by atoms with E-state index < -0.39 is 10.0 Å². The Labute approximate surface area is 131 Å². The highest BCUT2D eigenvalue weighted by atomic mass is 32.2. The molecule has 2 fully saturated rings. The molecule has 0 spiro atoms. The van der Waals surface area contributed by atoms with Gasteiger partial charge in [-0.2, -0.15) is 4.31 Å². The Balaban J connectivity index is 1.91. The van der Waals surface area contributed by atoms with E-state index in [1.54, 1.807) is 35.7 Å². The van der Waals surface area contributed by atoms with Gasteiger partial charge in [-0.05, 0) is 25.0 Å². The summed E-state index contributed by atoms with van der Waals surface area (Å²) in [6, 6.07) is 6.43. The first-order valence-electron chi connectivity index (χ1n) is 7.38. The lowest BCUT2D eigenvalue weighted by Gasteiger charge is -2.39. The quantitative estimate of drug-likeness (QED) is 0.833. The third-order valence-corrected chi connectivity index (χ3v) is 6.34. The van der Waals surface area contributed by atoms with Gasteiger partial charge in [-0.3, -0.25) is 0 Å². The first-order chi connectivity index (χ1) is 10.6. The van der Waals surface area contributed by atoms with Crippen molar-refractivity contribution in [1.29, 1.82) is 0 Å². The number of nitrogens with zero attached hydrogens (tertiary/aromatic N) is 1. The summed E-state index contributed by atoms with van der Waals surface area (Å²) in [5, 5.41) is 0. The summed E-state index contributed by atoms with van der Waals surface area (Å²) in [6.45, 7) is 1.02. The van der Waals surface area contributed by atoms with E-state index in [4.69, 9.17) is 14.2 Å². The van der Waals surface area contributed by atoms with Crippen LogP contribution in [0.1, 0.15) is 12.8 Å². The number of rotatable bonds is 4. The SMILES string of the molecule is COc1cccc(S(=O)(=O)N2CC[C@@H](OC)[C@@H]3OCC[C@H]32)c1. The van der Waals surface area contributed by atoms with Gasteiger partial charge in [-0.25, -0.2) is 8.42 Å². The van der Waals surface area contributed by atoms with Gasteiger partial charge in [0, 0.05) is 26.3 Å². The summed E-state index contributed by atoms with van der Waals surface area (Å²) in [7, 11) is -0.390. The van der Waals surface area contributed by atoms with Gasteiger partial charge in [0.2, 0.25) is 10.0 Å². The molecule has 0 aromatic heterocycles. The number of methoxy groups -OCH3 is 2. The van der Waals surface area contributed by atoms with Crippen LogP contribution in [0.15, 0.2) is 29.2 Å². The molecule has 1 aromatic rings. The molecule has 0 saturated carbocycles. The molecule has 7 heteroatoms. The van der Waals surface area contributed by atoms with Gasteiger partial charge in [-0.1, -0.05) is 6.07 Å². The highest BCUT2D eigenvalue weighted by Crippen LogP contribution is 2.34. The Hall–Kier alpha value is -1.15. The van der Waals surface area contributed by atoms with E-state index in [0.717, 1.165) is 0 Å². The fourth-order valence-electron chi connectivity index (χ4n) is 3.30. The van der Waals surface area contributed by atoms with Gasteiger partial charge >= 0.3 is 0 Å². The molecule has 0 aliphatic carbocycles. The molecular formula is C15H21NO5S. The van der Waals surface area contributed by atoms with Crippen LogP contribution in [0.5, 0.6) is 5.75 Å². The monoisotopic (exact) mass is 327 g/mol. The van der Waals surface area contributed by atoms with E-state index in [0.29, 0.717) is 31.7 Å². The Morgan fingerprint density at radius 3 is 2.82 bits per heavy atom. The summed E-state index contributed by atoms with van der Waals surface area (Å²) in [5.74, 6) is 0.534. The molecule has 0 bridgehead atoms. The van der Waals surface area contributed by atoms with Crippen molar-refractivity contribution in [3.63, 3.8) is 0 Å². The lowest BCUT2D eigenvalue weighted by molar-refractivity contribution is -0.0668. The molecule has 0 N–H and O–H groups in total. The summed E-state index contributed by atoms with van der Waals surface area (Å²) >= 11 is 0. The minimum atomic E-state index is -3.56. The topological polar surface area (TPSA) is 65.1 Å². The van der Waals surface area contributed by atoms with Gasteiger partial charge in [0.15, 0.2) is 0 Å². The third kappa shape index (κ3) is 2.62. The van der Waals surface area contributed by atoms with E-state index in [-0.39, 0.29) is 23.1 Å². The number of benzene rings is 1. The Morgan fingerprint density at radius 1 is 1.27 bits per heavy atom. The molecular weight excluding hydrogens is 306 g/mol. The summed E-state index contributed by atoms with van der Waals surface area (Å²) in [4.78, 5) is 0.258. The average molecular weight is 327 g/mol. The van der Waals surface area contributed by atoms with Crippen LogP contribution in [0.25, 0.3) is 0 Å². The number of piperidine rings is 1. The first kappa shape index (κ1) is 15.7. The molecule has 2 saturated heterocycles. The maximum Gasteiger partial charge on any atom is 0.243 e. The van der Waals surface area contributed by atoms with E-state index in [1.807, 2.05) is 0 Å². The Morgan fingerprint density at radius 2 is 2.09 bits per heavy atom. The normalized spacial score (nSPS) is 29.3. The van der Waals surface area contributed by atoms with Crippen molar-refractivity contribution >= 4 is 10.0 Å². The van der Waals surface area contributed by atoms with Crippen LogP contribution in [0.4, 0.5) is 0 Å². The zero-order valence-corrected chi connectivity index (χ0v) is 13.6. The number of hydrogen-bond acceptors (Lipinski definition) is 5. The summed E-state index contributed by atoms with van der Waals surface area (Å²) in [5.41, 5.74) is 0. The van der Waals surface area contributed by atoms with Crippen LogP contribution in [0, 0.1) is 0 Å². The number of hydrogen-bond donors (Lipinski definition) is 0. The van der Waals surface area contributed by atoms with Crippen LogP contribution >= 0.6 is 0 Å². The van der Waals surface area contributed by atoms with Gasteiger partial charge in [0.05, 0.1) is 24.2 Å². The van der Waals surface area contributed by atoms with Crippen molar-refractivity contribution in [2.75, 3.05) is 27.4 Å². The lowest BCUT2D eigenvalue weighted by Crippen LogP contribution is -2.54. The lowest BCUT2D eigenvalue weighted by atomic mass is 9.98. The second kappa shape index (κ2) is 6.16. The number of fused-ring (bicyclic) bond motifs is 1. The van der Waals surface area contributed by atoms with Crippen molar-refractivity contribution in [3.05, 3.63) is 24.3 Å². The predicted octanol–water partition coefficient (Wildman–Crippen LogP) is 1.26. The summed E-state index contributed by atoms with van der Waals surface area (Å²) in [6.07, 6.45) is 1.12. The molecule has 2 aliphatic rings. The van der Waals surface area contributed by atoms with Gasteiger partial charge < -0.3 is 14.2 Å². The average Bonchev–Trinajstić information content (AvgIpc) is 3.03. The second-order valence-corrected chi connectivity index (χ2v) is 7.44. The van der Waals surface area contributed by atoms with E-state index in [9.17, 15) is 8.42 Å². The van der Waals surface area contributed by atoms with E-state index in [2.05, 4.69) is 0 Å². The molecule has 3 rings (SSSR count). The molecule has 0 radical (unpaired) electrons. The van der Waals surface area contributed by atoms with E-state index >= 15 is 0 Å². The fourth-order valence-corrected chi connectivity index (χ4v) is 5.01. The minimum absolute atomic E-state index is 0.0377. The summed E-state index contributed by atoms with van der Waals surface area (Å²) < 4.78 is 43.8. The van der Waals surface area contributed by atoms with Gasteiger partial charge in [-0.15, -0.1) is 0 Å². The molecule has 22 heavy (non-hydrogen) atoms. The molecule has 1 aromatic carbocycles. The molecule has 0 amide bonds. The molecule has 6 nitrogen and oxygen atoms in total. The van der Waals surface area contributed by atoms with Crippen molar-refractivity contribution in [2.24, 2.45) is 0 Å². The highest BCUT2D eigenvalue weighted by Gasteiger charge is 2.47. The number of sulfonamides is 1. The van der Waals surface area contributed by atoms with Crippen LogP contribution in [-0.4, -0.2) is 58.3 Å². The molecule has 122 valence electrons. The highest BCUT2D eigenvalue weighted by molar-refractivity contribution is 7.89. The maximum atomic E-state index is 13.0.